The molecule has 0 heterocycles. The average Bonchev–Trinajstić information content (AvgIpc) is 2.53. The number of methoxy groups -OCH3 is 1. The van der Waals surface area contributed by atoms with Gasteiger partial charge >= 0.3 is 0 Å². The first-order valence-corrected chi connectivity index (χ1v) is 12.0. The highest BCUT2D eigenvalue weighted by Gasteiger charge is 2.21. The van der Waals surface area contributed by atoms with Crippen molar-refractivity contribution < 1.29 is 26.7 Å². The summed E-state index contributed by atoms with van der Waals surface area (Å²) in [7, 11) is 1.72. The highest BCUT2D eigenvalue weighted by Crippen LogP contribution is 2.21. The van der Waals surface area contributed by atoms with Crippen molar-refractivity contribution in [1.29, 1.82) is 0 Å². The summed E-state index contributed by atoms with van der Waals surface area (Å²) in [4.78, 5) is 0. The number of rotatable bonds is 8. The molecule has 202 valence electrons. The molecule has 1 unspecified atom stereocenters. The Labute approximate surface area is 198 Å². The number of hydrogen-bond acceptors (Lipinski definition) is 1. The molecule has 0 aromatic heterocycles. The Morgan fingerprint density at radius 1 is 0.688 bits per heavy atom. The maximum Gasteiger partial charge on any atom is 0.245 e. The first-order valence-electron chi connectivity index (χ1n) is 12.0. The average molecular weight is 481 g/mol. The lowest BCUT2D eigenvalue weighted by atomic mass is 10.1. The van der Waals surface area contributed by atoms with Gasteiger partial charge in [-0.15, -0.1) is 0 Å². The largest absolute Gasteiger partial charge is 0.384 e. The summed E-state index contributed by atoms with van der Waals surface area (Å²) < 4.78 is 63.0. The van der Waals surface area contributed by atoms with Gasteiger partial charge in [0.2, 0.25) is 12.3 Å². The maximum absolute atomic E-state index is 12.0. The van der Waals surface area contributed by atoms with Crippen LogP contribution in [-0.2, 0) is 4.74 Å². The van der Waals surface area contributed by atoms with E-state index in [0.717, 1.165) is 19.4 Å². The Bertz CT molecular complexity index is 311. The van der Waals surface area contributed by atoms with Crippen molar-refractivity contribution in [3.8, 4) is 0 Å². The Hall–Kier alpha value is -0.390. The number of hydrogen-bond donors (Lipinski definition) is 0. The van der Waals surface area contributed by atoms with Gasteiger partial charge in [0, 0.05) is 26.1 Å². The standard InChI is InChI=1S/C6H12F2.C6H13F.C5H12O.C5H12.C4H8F2/c1-5(2)4-6(3,7)8;1-5(2)4-6(3)7;1-5(2)4-6-3;1-4-5(2)3;1-3(2)4(5)6/h5H,4H2,1-3H3;5-6H,4H2,1-3H3;5H,4H2,1-3H3;5H,4H2,1-3H3;3-4H,1-2H3. The number of alkyl halides is 5. The molecule has 0 aliphatic rings. The van der Waals surface area contributed by atoms with Crippen LogP contribution in [0.2, 0.25) is 0 Å². The van der Waals surface area contributed by atoms with Crippen LogP contribution >= 0.6 is 0 Å². The molecule has 1 nitrogen and oxygen atoms in total. The Balaban J connectivity index is -0.0000000958. The van der Waals surface area contributed by atoms with Crippen molar-refractivity contribution in [3.05, 3.63) is 0 Å². The summed E-state index contributed by atoms with van der Waals surface area (Å²) in [5.41, 5.74) is 0. The van der Waals surface area contributed by atoms with Crippen LogP contribution < -0.4 is 0 Å². The zero-order valence-electron chi connectivity index (χ0n) is 23.7. The molecule has 0 aliphatic heterocycles. The lowest BCUT2D eigenvalue weighted by Crippen LogP contribution is -2.12. The minimum Gasteiger partial charge on any atom is -0.384 e. The quantitative estimate of drug-likeness (QED) is 0.314. The fourth-order valence-corrected chi connectivity index (χ4v) is 1.70. The molecule has 0 aromatic carbocycles. The predicted molar refractivity (Wildman–Crippen MR) is 133 cm³/mol. The fraction of sp³-hybridized carbons (Fsp3) is 1.00. The van der Waals surface area contributed by atoms with Crippen LogP contribution in [0.4, 0.5) is 22.0 Å². The van der Waals surface area contributed by atoms with E-state index in [2.05, 4.69) is 34.6 Å². The molecule has 0 bridgehead atoms. The highest BCUT2D eigenvalue weighted by atomic mass is 19.3. The van der Waals surface area contributed by atoms with Crippen LogP contribution in [0.3, 0.4) is 0 Å². The topological polar surface area (TPSA) is 9.23 Å². The minimum absolute atomic E-state index is 0.00694. The molecule has 1 atom stereocenters. The summed E-state index contributed by atoms with van der Waals surface area (Å²) in [5.74, 6) is -0.807. The Kier molecular flexibility index (Phi) is 35.1. The van der Waals surface area contributed by atoms with E-state index < -0.39 is 24.4 Å². The molecule has 0 spiro atoms. The molecule has 0 aliphatic carbocycles. The molecule has 0 rings (SSSR count). The van der Waals surface area contributed by atoms with Gasteiger partial charge in [-0.3, -0.25) is 0 Å². The monoisotopic (exact) mass is 480 g/mol. The van der Waals surface area contributed by atoms with Gasteiger partial charge in [0.1, 0.15) is 0 Å². The van der Waals surface area contributed by atoms with Crippen molar-refractivity contribution in [1.82, 2.24) is 0 Å². The fourth-order valence-electron chi connectivity index (χ4n) is 1.70. The van der Waals surface area contributed by atoms with E-state index in [0.29, 0.717) is 18.3 Å². The van der Waals surface area contributed by atoms with Gasteiger partial charge < -0.3 is 4.74 Å². The van der Waals surface area contributed by atoms with E-state index in [1.165, 1.54) is 20.3 Å². The zero-order chi connectivity index (χ0) is 27.1. The van der Waals surface area contributed by atoms with E-state index in [1.54, 1.807) is 27.9 Å². The lowest BCUT2D eigenvalue weighted by molar-refractivity contribution is 0.000972. The van der Waals surface area contributed by atoms with E-state index in [1.807, 2.05) is 13.8 Å². The summed E-state index contributed by atoms with van der Waals surface area (Å²) in [6.45, 7) is 24.9. The van der Waals surface area contributed by atoms with Crippen LogP contribution in [0.15, 0.2) is 0 Å². The van der Waals surface area contributed by atoms with Crippen molar-refractivity contribution in [2.75, 3.05) is 13.7 Å². The summed E-state index contributed by atoms with van der Waals surface area (Å²) >= 11 is 0. The molecular weight excluding hydrogens is 423 g/mol. The van der Waals surface area contributed by atoms with Crippen molar-refractivity contribution >= 4 is 0 Å². The first kappa shape index (κ1) is 41.8. The maximum atomic E-state index is 12.0. The van der Waals surface area contributed by atoms with Gasteiger partial charge in [0.05, 0.1) is 6.17 Å². The highest BCUT2D eigenvalue weighted by molar-refractivity contribution is 4.59. The van der Waals surface area contributed by atoms with E-state index >= 15 is 0 Å². The third-order valence-corrected chi connectivity index (χ3v) is 3.38. The van der Waals surface area contributed by atoms with Crippen molar-refractivity contribution in [2.45, 2.75) is 128 Å². The van der Waals surface area contributed by atoms with Crippen molar-refractivity contribution in [3.63, 3.8) is 0 Å². The molecule has 6 heteroatoms. The normalized spacial score (nSPS) is 11.9. The smallest absolute Gasteiger partial charge is 0.245 e. The molecule has 0 amide bonds. The van der Waals surface area contributed by atoms with Crippen LogP contribution in [0.5, 0.6) is 0 Å². The third-order valence-electron chi connectivity index (χ3n) is 3.38. The first-order chi connectivity index (χ1) is 14.2. The number of ether oxygens (including phenoxy) is 1. The lowest BCUT2D eigenvalue weighted by Gasteiger charge is -2.11. The second-order valence-electron chi connectivity index (χ2n) is 10.3. The molecule has 0 radical (unpaired) electrons. The molecule has 0 fully saturated rings. The van der Waals surface area contributed by atoms with E-state index in [9.17, 15) is 22.0 Å². The molecular formula is C26H57F5O. The van der Waals surface area contributed by atoms with Crippen molar-refractivity contribution in [2.24, 2.45) is 29.6 Å². The predicted octanol–water partition coefficient (Wildman–Crippen LogP) is 10.3. The van der Waals surface area contributed by atoms with Gasteiger partial charge in [-0.2, -0.15) is 0 Å². The zero-order valence-corrected chi connectivity index (χ0v) is 23.7. The Morgan fingerprint density at radius 3 is 1.03 bits per heavy atom. The second kappa shape index (κ2) is 26.9. The van der Waals surface area contributed by atoms with Crippen LogP contribution in [0.1, 0.15) is 109 Å². The third kappa shape index (κ3) is 78.2. The van der Waals surface area contributed by atoms with Crippen LogP contribution in [0.25, 0.3) is 0 Å². The van der Waals surface area contributed by atoms with Gasteiger partial charge in [0.25, 0.3) is 0 Å². The van der Waals surface area contributed by atoms with Crippen LogP contribution in [-0.4, -0.2) is 32.2 Å². The summed E-state index contributed by atoms with van der Waals surface area (Å²) in [6.07, 6.45) is -0.780. The second-order valence-corrected chi connectivity index (χ2v) is 10.3. The van der Waals surface area contributed by atoms with Gasteiger partial charge in [-0.05, 0) is 43.9 Å². The molecule has 0 N–H and O–H groups in total. The molecule has 0 aromatic rings. The summed E-state index contributed by atoms with van der Waals surface area (Å²) in [6, 6.07) is 0. The Morgan fingerprint density at radius 2 is 1.03 bits per heavy atom. The SMILES string of the molecule is CC(C)C(F)F.CC(C)CC(C)(F)F.CC(C)CC(C)F.CCC(C)C.COCC(C)C. The molecule has 32 heavy (non-hydrogen) atoms. The van der Waals surface area contributed by atoms with E-state index in [-0.39, 0.29) is 12.3 Å². The van der Waals surface area contributed by atoms with E-state index in [4.69, 9.17) is 4.74 Å². The molecule has 0 saturated heterocycles. The van der Waals surface area contributed by atoms with Gasteiger partial charge in [0.15, 0.2) is 0 Å². The van der Waals surface area contributed by atoms with Crippen LogP contribution in [0, 0.1) is 29.6 Å². The van der Waals surface area contributed by atoms with Gasteiger partial charge in [-0.25, -0.2) is 22.0 Å². The minimum atomic E-state index is -2.48. The van der Waals surface area contributed by atoms with Gasteiger partial charge in [-0.1, -0.05) is 82.6 Å². The molecule has 0 saturated carbocycles. The summed E-state index contributed by atoms with van der Waals surface area (Å²) in [5, 5.41) is 0. The number of halogens is 5.